The molecule has 0 aliphatic carbocycles. The summed E-state index contributed by atoms with van der Waals surface area (Å²) >= 11 is 0. The number of rotatable bonds is 2. The maximum absolute atomic E-state index is 13.1. The number of halogens is 1. The predicted octanol–water partition coefficient (Wildman–Crippen LogP) is 4.13. The van der Waals surface area contributed by atoms with Gasteiger partial charge in [0, 0.05) is 23.1 Å². The molecule has 0 bridgehead atoms. The molecule has 1 unspecified atom stereocenters. The maximum atomic E-state index is 13.1. The summed E-state index contributed by atoms with van der Waals surface area (Å²) in [6.07, 6.45) is 0. The quantitative estimate of drug-likeness (QED) is 0.737. The van der Waals surface area contributed by atoms with Crippen LogP contribution in [0.15, 0.2) is 30.3 Å². The summed E-state index contributed by atoms with van der Waals surface area (Å²) in [4.78, 5) is 4.52. The van der Waals surface area contributed by atoms with Gasteiger partial charge in [-0.3, -0.25) is 4.98 Å². The Morgan fingerprint density at radius 2 is 1.75 bits per heavy atom. The Bertz CT molecular complexity index is 505. The molecule has 2 aromatic rings. The van der Waals surface area contributed by atoms with Crippen LogP contribution >= 0.6 is 0 Å². The van der Waals surface area contributed by atoms with Crippen LogP contribution in [-0.2, 0) is 0 Å². The minimum Gasteiger partial charge on any atom is -0.252 e. The van der Waals surface area contributed by atoms with Crippen molar-refractivity contribution in [2.75, 3.05) is 0 Å². The molecule has 0 aliphatic rings. The largest absolute Gasteiger partial charge is 0.252 e. The van der Waals surface area contributed by atoms with Gasteiger partial charge in [0.15, 0.2) is 0 Å². The van der Waals surface area contributed by atoms with E-state index in [0.29, 0.717) is 11.8 Å². The van der Waals surface area contributed by atoms with Crippen molar-refractivity contribution in [1.82, 2.24) is 4.98 Å². The van der Waals surface area contributed by atoms with E-state index in [2.05, 4.69) is 25.8 Å². The summed E-state index contributed by atoms with van der Waals surface area (Å²) in [5.41, 5.74) is 1.78. The number of benzene rings is 1. The summed E-state index contributed by atoms with van der Waals surface area (Å²) in [7, 11) is 0. The lowest BCUT2D eigenvalue weighted by Crippen LogP contribution is -2.04. The van der Waals surface area contributed by atoms with Crippen molar-refractivity contribution in [1.29, 1.82) is 0 Å². The van der Waals surface area contributed by atoms with Crippen LogP contribution in [0.4, 0.5) is 4.39 Å². The fourth-order valence-corrected chi connectivity index (χ4v) is 1.70. The van der Waals surface area contributed by atoms with E-state index in [9.17, 15) is 4.39 Å². The van der Waals surface area contributed by atoms with E-state index in [-0.39, 0.29) is 5.82 Å². The number of pyridine rings is 1. The highest BCUT2D eigenvalue weighted by Crippen LogP contribution is 2.24. The summed E-state index contributed by atoms with van der Waals surface area (Å²) in [5, 5.41) is 0.987. The van der Waals surface area contributed by atoms with Gasteiger partial charge >= 0.3 is 0 Å². The second-order valence-electron chi connectivity index (χ2n) is 4.61. The van der Waals surface area contributed by atoms with E-state index in [0.717, 1.165) is 16.6 Å². The second-order valence-corrected chi connectivity index (χ2v) is 4.61. The zero-order valence-electron chi connectivity index (χ0n) is 9.87. The molecule has 0 spiro atoms. The fourth-order valence-electron chi connectivity index (χ4n) is 1.70. The average molecular weight is 217 g/mol. The number of nitrogens with zero attached hydrogens (tertiary/aromatic N) is 1. The van der Waals surface area contributed by atoms with Crippen LogP contribution in [-0.4, -0.2) is 4.98 Å². The lowest BCUT2D eigenvalue weighted by molar-refractivity contribution is 0.525. The Morgan fingerprint density at radius 1 is 1.06 bits per heavy atom. The van der Waals surface area contributed by atoms with E-state index < -0.39 is 0 Å². The summed E-state index contributed by atoms with van der Waals surface area (Å²) < 4.78 is 13.1. The molecule has 0 saturated heterocycles. The van der Waals surface area contributed by atoms with Gasteiger partial charge in [0.2, 0.25) is 0 Å². The van der Waals surface area contributed by atoms with Gasteiger partial charge < -0.3 is 0 Å². The van der Waals surface area contributed by atoms with Gasteiger partial charge in [-0.25, -0.2) is 4.39 Å². The molecule has 0 amide bonds. The lowest BCUT2D eigenvalue weighted by atomic mass is 9.94. The Morgan fingerprint density at radius 3 is 2.44 bits per heavy atom. The monoisotopic (exact) mass is 217 g/mol. The predicted molar refractivity (Wildman–Crippen MR) is 65.0 cm³/mol. The van der Waals surface area contributed by atoms with Gasteiger partial charge in [-0.05, 0) is 24.1 Å². The topological polar surface area (TPSA) is 12.9 Å². The van der Waals surface area contributed by atoms with Gasteiger partial charge in [0.05, 0.1) is 5.52 Å². The van der Waals surface area contributed by atoms with E-state index in [4.69, 9.17) is 0 Å². The average Bonchev–Trinajstić information content (AvgIpc) is 2.26. The smallest absolute Gasteiger partial charge is 0.125 e. The van der Waals surface area contributed by atoms with Crippen molar-refractivity contribution in [3.63, 3.8) is 0 Å². The Labute approximate surface area is 95.3 Å². The molecule has 1 heterocycles. The highest BCUT2D eigenvalue weighted by atomic mass is 19.1. The molecular formula is C14H16FN. The van der Waals surface area contributed by atoms with Crippen LogP contribution in [0.2, 0.25) is 0 Å². The molecule has 0 fully saturated rings. The van der Waals surface area contributed by atoms with Crippen LogP contribution in [0.5, 0.6) is 0 Å². The summed E-state index contributed by atoms with van der Waals surface area (Å²) in [6.45, 7) is 6.49. The Balaban J connectivity index is 2.50. The first-order valence-corrected chi connectivity index (χ1v) is 5.64. The number of fused-ring (bicyclic) bond motifs is 1. The first-order chi connectivity index (χ1) is 7.58. The van der Waals surface area contributed by atoms with Crippen LogP contribution in [0, 0.1) is 11.7 Å². The van der Waals surface area contributed by atoms with Crippen molar-refractivity contribution in [2.45, 2.75) is 26.7 Å². The van der Waals surface area contributed by atoms with Crippen LogP contribution in [0.25, 0.3) is 10.9 Å². The zero-order chi connectivity index (χ0) is 11.7. The fraction of sp³-hybridized carbons (Fsp3) is 0.357. The molecule has 0 N–H and O–H groups in total. The summed E-state index contributed by atoms with van der Waals surface area (Å²) in [5.74, 6) is 0.709. The lowest BCUT2D eigenvalue weighted by Gasteiger charge is -2.15. The van der Waals surface area contributed by atoms with Crippen LogP contribution < -0.4 is 0 Å². The standard InChI is InChI=1S/C14H16FN/c1-9(2)10(3)13-7-5-11-4-6-12(15)8-14(11)16-13/h4-10H,1-3H3. The Hall–Kier alpha value is -1.44. The zero-order valence-corrected chi connectivity index (χ0v) is 9.87. The van der Waals surface area contributed by atoms with Crippen molar-refractivity contribution in [2.24, 2.45) is 5.92 Å². The van der Waals surface area contributed by atoms with Gasteiger partial charge in [0.1, 0.15) is 5.82 Å². The molecule has 0 aliphatic heterocycles. The second kappa shape index (κ2) is 4.20. The minimum atomic E-state index is -0.227. The van der Waals surface area contributed by atoms with Crippen molar-refractivity contribution >= 4 is 10.9 Å². The van der Waals surface area contributed by atoms with Crippen molar-refractivity contribution < 1.29 is 4.39 Å². The number of hydrogen-bond donors (Lipinski definition) is 0. The third-order valence-corrected chi connectivity index (χ3v) is 3.14. The molecule has 1 aromatic heterocycles. The molecular weight excluding hydrogens is 201 g/mol. The molecule has 1 aromatic carbocycles. The molecule has 0 radical (unpaired) electrons. The van der Waals surface area contributed by atoms with Crippen molar-refractivity contribution in [3.8, 4) is 0 Å². The first-order valence-electron chi connectivity index (χ1n) is 5.64. The molecule has 1 nitrogen and oxygen atoms in total. The molecule has 2 heteroatoms. The highest BCUT2D eigenvalue weighted by molar-refractivity contribution is 5.78. The van der Waals surface area contributed by atoms with Gasteiger partial charge in [-0.2, -0.15) is 0 Å². The summed E-state index contributed by atoms with van der Waals surface area (Å²) in [6, 6.07) is 8.77. The Kier molecular flexibility index (Phi) is 2.90. The SMILES string of the molecule is CC(C)C(C)c1ccc2ccc(F)cc2n1. The first kappa shape index (κ1) is 11.1. The molecule has 1 atom stereocenters. The van der Waals surface area contributed by atoms with E-state index in [1.807, 2.05) is 12.1 Å². The van der Waals surface area contributed by atoms with Crippen LogP contribution in [0.3, 0.4) is 0 Å². The van der Waals surface area contributed by atoms with E-state index >= 15 is 0 Å². The molecule has 84 valence electrons. The molecule has 0 saturated carbocycles. The third-order valence-electron chi connectivity index (χ3n) is 3.14. The maximum Gasteiger partial charge on any atom is 0.125 e. The normalized spacial score (nSPS) is 13.3. The van der Waals surface area contributed by atoms with E-state index in [1.54, 1.807) is 6.07 Å². The van der Waals surface area contributed by atoms with Gasteiger partial charge in [-0.15, -0.1) is 0 Å². The molecule has 16 heavy (non-hydrogen) atoms. The third kappa shape index (κ3) is 2.06. The number of hydrogen-bond acceptors (Lipinski definition) is 1. The van der Waals surface area contributed by atoms with Gasteiger partial charge in [0.25, 0.3) is 0 Å². The molecule has 2 rings (SSSR count). The highest BCUT2D eigenvalue weighted by Gasteiger charge is 2.11. The van der Waals surface area contributed by atoms with Crippen molar-refractivity contribution in [3.05, 3.63) is 41.8 Å². The van der Waals surface area contributed by atoms with E-state index in [1.165, 1.54) is 12.1 Å². The van der Waals surface area contributed by atoms with Crippen LogP contribution in [0.1, 0.15) is 32.4 Å². The number of aromatic nitrogens is 1. The minimum absolute atomic E-state index is 0.227. The van der Waals surface area contributed by atoms with Gasteiger partial charge in [-0.1, -0.05) is 26.8 Å².